The van der Waals surface area contributed by atoms with Gasteiger partial charge in [0.1, 0.15) is 0 Å². The fraction of sp³-hybridized carbons (Fsp3) is 0.143. The maximum atomic E-state index is 2.34. The molecule has 3 aromatic carbocycles. The molecule has 1 unspecified atom stereocenters. The first-order valence-electron chi connectivity index (χ1n) is 7.78. The average molecular weight is 285 g/mol. The first-order chi connectivity index (χ1) is 10.8. The van der Waals surface area contributed by atoms with Crippen molar-refractivity contribution in [2.24, 2.45) is 0 Å². The quantitative estimate of drug-likeness (QED) is 0.593. The van der Waals surface area contributed by atoms with Crippen LogP contribution < -0.4 is 4.90 Å². The lowest BCUT2D eigenvalue weighted by Gasteiger charge is -2.21. The van der Waals surface area contributed by atoms with Gasteiger partial charge in [0.15, 0.2) is 0 Å². The van der Waals surface area contributed by atoms with Crippen molar-refractivity contribution < 1.29 is 0 Å². The van der Waals surface area contributed by atoms with Gasteiger partial charge in [0.25, 0.3) is 0 Å². The Morgan fingerprint density at radius 3 is 2.18 bits per heavy atom. The third-order valence-corrected chi connectivity index (χ3v) is 4.75. The van der Waals surface area contributed by atoms with E-state index in [1.54, 1.807) is 0 Å². The lowest BCUT2D eigenvalue weighted by atomic mass is 9.99. The molecule has 0 spiro atoms. The summed E-state index contributed by atoms with van der Waals surface area (Å²) in [5.74, 6) is 0.468. The largest absolute Gasteiger partial charge is 0.345 e. The molecule has 22 heavy (non-hydrogen) atoms. The van der Waals surface area contributed by atoms with Crippen LogP contribution in [-0.4, -0.2) is 7.05 Å². The topological polar surface area (TPSA) is 3.24 Å². The Balaban J connectivity index is 1.78. The molecule has 108 valence electrons. The van der Waals surface area contributed by atoms with Crippen LogP contribution >= 0.6 is 0 Å². The summed E-state index contributed by atoms with van der Waals surface area (Å²) >= 11 is 0. The number of anilines is 2. The van der Waals surface area contributed by atoms with E-state index in [-0.39, 0.29) is 0 Å². The summed E-state index contributed by atoms with van der Waals surface area (Å²) in [5, 5.41) is 0. The number of rotatable bonds is 2. The normalized spacial score (nSPS) is 15.3. The number of benzene rings is 3. The lowest BCUT2D eigenvalue weighted by Crippen LogP contribution is -2.09. The summed E-state index contributed by atoms with van der Waals surface area (Å²) in [6, 6.07) is 26.1. The zero-order chi connectivity index (χ0) is 15.1. The van der Waals surface area contributed by atoms with Crippen LogP contribution in [0, 0.1) is 0 Å². The van der Waals surface area contributed by atoms with E-state index in [0.29, 0.717) is 5.92 Å². The van der Waals surface area contributed by atoms with Crippen LogP contribution in [0.15, 0.2) is 72.8 Å². The molecule has 0 saturated carbocycles. The highest BCUT2D eigenvalue weighted by Crippen LogP contribution is 2.45. The summed E-state index contributed by atoms with van der Waals surface area (Å²) in [6.07, 6.45) is 0. The summed E-state index contributed by atoms with van der Waals surface area (Å²) in [5.41, 5.74) is 8.10. The van der Waals surface area contributed by atoms with Crippen LogP contribution in [0.5, 0.6) is 0 Å². The van der Waals surface area contributed by atoms with Crippen LogP contribution in [0.2, 0.25) is 0 Å². The van der Waals surface area contributed by atoms with Gasteiger partial charge in [-0.25, -0.2) is 0 Å². The Morgan fingerprint density at radius 1 is 0.682 bits per heavy atom. The van der Waals surface area contributed by atoms with E-state index < -0.39 is 0 Å². The zero-order valence-corrected chi connectivity index (χ0v) is 13.0. The van der Waals surface area contributed by atoms with Crippen molar-refractivity contribution in [3.8, 4) is 11.1 Å². The second-order valence-corrected chi connectivity index (χ2v) is 5.98. The molecule has 0 saturated heterocycles. The van der Waals surface area contributed by atoms with Gasteiger partial charge in [-0.3, -0.25) is 0 Å². The van der Waals surface area contributed by atoms with Gasteiger partial charge < -0.3 is 4.90 Å². The molecule has 1 aliphatic carbocycles. The molecule has 4 rings (SSSR count). The number of nitrogens with zero attached hydrogens (tertiary/aromatic N) is 1. The smallest absolute Gasteiger partial charge is 0.0411 e. The molecule has 1 aliphatic rings. The standard InChI is InChI=1S/C21H19N/c1-15-18-10-6-7-11-19(18)20-13-12-17(14-21(15)20)22(2)16-8-4-3-5-9-16/h3-15H,1-2H3. The van der Waals surface area contributed by atoms with Crippen molar-refractivity contribution in [2.75, 3.05) is 11.9 Å². The molecule has 0 fully saturated rings. The zero-order valence-electron chi connectivity index (χ0n) is 13.0. The summed E-state index contributed by atoms with van der Waals surface area (Å²) in [6.45, 7) is 2.30. The van der Waals surface area contributed by atoms with Gasteiger partial charge in [-0.15, -0.1) is 0 Å². The second-order valence-electron chi connectivity index (χ2n) is 5.98. The molecule has 0 bridgehead atoms. The van der Waals surface area contributed by atoms with E-state index in [2.05, 4.69) is 91.7 Å². The van der Waals surface area contributed by atoms with Crippen molar-refractivity contribution in [3.63, 3.8) is 0 Å². The van der Waals surface area contributed by atoms with E-state index in [1.807, 2.05) is 0 Å². The second kappa shape index (κ2) is 5.03. The monoisotopic (exact) mass is 285 g/mol. The van der Waals surface area contributed by atoms with Gasteiger partial charge in [0, 0.05) is 24.3 Å². The number of hydrogen-bond acceptors (Lipinski definition) is 1. The minimum atomic E-state index is 0.468. The van der Waals surface area contributed by atoms with Crippen LogP contribution in [0.1, 0.15) is 24.0 Å². The van der Waals surface area contributed by atoms with Gasteiger partial charge in [-0.05, 0) is 46.5 Å². The van der Waals surface area contributed by atoms with Crippen molar-refractivity contribution >= 4 is 11.4 Å². The van der Waals surface area contributed by atoms with Crippen molar-refractivity contribution in [1.82, 2.24) is 0 Å². The molecule has 0 aliphatic heterocycles. The number of fused-ring (bicyclic) bond motifs is 3. The van der Waals surface area contributed by atoms with Crippen LogP contribution in [0.25, 0.3) is 11.1 Å². The van der Waals surface area contributed by atoms with Gasteiger partial charge in [0.2, 0.25) is 0 Å². The number of hydrogen-bond donors (Lipinski definition) is 0. The maximum absolute atomic E-state index is 2.34. The Morgan fingerprint density at radius 2 is 1.36 bits per heavy atom. The van der Waals surface area contributed by atoms with Crippen LogP contribution in [0.4, 0.5) is 11.4 Å². The fourth-order valence-corrected chi connectivity index (χ4v) is 3.45. The van der Waals surface area contributed by atoms with Gasteiger partial charge in [-0.1, -0.05) is 55.5 Å². The van der Waals surface area contributed by atoms with E-state index in [1.165, 1.54) is 33.6 Å². The minimum Gasteiger partial charge on any atom is -0.345 e. The Labute approximate surface area is 131 Å². The first-order valence-corrected chi connectivity index (χ1v) is 7.78. The Bertz CT molecular complexity index is 820. The molecule has 0 radical (unpaired) electrons. The molecule has 0 amide bonds. The molecule has 0 aromatic heterocycles. The van der Waals surface area contributed by atoms with Crippen molar-refractivity contribution in [3.05, 3.63) is 83.9 Å². The van der Waals surface area contributed by atoms with E-state index in [9.17, 15) is 0 Å². The molecule has 1 heteroatoms. The number of para-hydroxylation sites is 1. The Kier molecular flexibility index (Phi) is 3.00. The highest BCUT2D eigenvalue weighted by Gasteiger charge is 2.25. The van der Waals surface area contributed by atoms with E-state index >= 15 is 0 Å². The molecule has 3 aromatic rings. The molecular formula is C21H19N. The highest BCUT2D eigenvalue weighted by molar-refractivity contribution is 5.81. The minimum absolute atomic E-state index is 0.468. The van der Waals surface area contributed by atoms with E-state index in [4.69, 9.17) is 0 Å². The highest BCUT2D eigenvalue weighted by atomic mass is 15.1. The van der Waals surface area contributed by atoms with Crippen LogP contribution in [0.3, 0.4) is 0 Å². The first kappa shape index (κ1) is 13.1. The Hall–Kier alpha value is -2.54. The maximum Gasteiger partial charge on any atom is 0.0411 e. The predicted octanol–water partition coefficient (Wildman–Crippen LogP) is 5.59. The summed E-state index contributed by atoms with van der Waals surface area (Å²) in [7, 11) is 2.13. The molecular weight excluding hydrogens is 266 g/mol. The predicted molar refractivity (Wildman–Crippen MR) is 93.9 cm³/mol. The third-order valence-electron chi connectivity index (χ3n) is 4.75. The van der Waals surface area contributed by atoms with Crippen molar-refractivity contribution in [1.29, 1.82) is 0 Å². The molecule has 1 nitrogen and oxygen atoms in total. The molecule has 1 atom stereocenters. The van der Waals surface area contributed by atoms with Gasteiger partial charge >= 0.3 is 0 Å². The van der Waals surface area contributed by atoms with Gasteiger partial charge in [0.05, 0.1) is 0 Å². The average Bonchev–Trinajstić information content (AvgIpc) is 2.88. The summed E-state index contributed by atoms with van der Waals surface area (Å²) in [4.78, 5) is 2.25. The molecule has 0 N–H and O–H groups in total. The molecule has 0 heterocycles. The SMILES string of the molecule is CC1c2ccccc2-c2ccc(N(C)c3ccccc3)cc21. The third kappa shape index (κ3) is 1.93. The van der Waals surface area contributed by atoms with E-state index in [0.717, 1.165) is 0 Å². The lowest BCUT2D eigenvalue weighted by molar-refractivity contribution is 0.955. The van der Waals surface area contributed by atoms with Gasteiger partial charge in [-0.2, -0.15) is 0 Å². The fourth-order valence-electron chi connectivity index (χ4n) is 3.45. The van der Waals surface area contributed by atoms with Crippen LogP contribution in [-0.2, 0) is 0 Å². The van der Waals surface area contributed by atoms with Crippen molar-refractivity contribution in [2.45, 2.75) is 12.8 Å². The summed E-state index contributed by atoms with van der Waals surface area (Å²) < 4.78 is 0.